The molecule has 0 saturated carbocycles. The molecule has 0 bridgehead atoms. The second-order valence-corrected chi connectivity index (χ2v) is 7.85. The van der Waals surface area contributed by atoms with Crippen LogP contribution < -0.4 is 4.74 Å². The zero-order valence-corrected chi connectivity index (χ0v) is 15.3. The van der Waals surface area contributed by atoms with Crippen molar-refractivity contribution in [1.29, 1.82) is 0 Å². The van der Waals surface area contributed by atoms with Crippen molar-refractivity contribution in [3.8, 4) is 5.75 Å². The molecule has 1 aliphatic heterocycles. The van der Waals surface area contributed by atoms with Gasteiger partial charge in [-0.25, -0.2) is 0 Å². The lowest BCUT2D eigenvalue weighted by molar-refractivity contribution is 0.00323. The molecule has 1 saturated heterocycles. The van der Waals surface area contributed by atoms with Gasteiger partial charge in [-0.05, 0) is 42.4 Å². The van der Waals surface area contributed by atoms with E-state index in [0.717, 1.165) is 43.7 Å². The summed E-state index contributed by atoms with van der Waals surface area (Å²) in [4.78, 5) is 0. The molecule has 0 radical (unpaired) electrons. The number of ether oxygens (including phenoxy) is 2. The Kier molecular flexibility index (Phi) is 5.37. The molecule has 0 N–H and O–H groups in total. The lowest BCUT2D eigenvalue weighted by atomic mass is 9.83. The maximum absolute atomic E-state index is 6.29. The fourth-order valence-corrected chi connectivity index (χ4v) is 3.44. The molecule has 0 aliphatic carbocycles. The molecule has 3 heteroatoms. The van der Waals surface area contributed by atoms with Gasteiger partial charge in [0.15, 0.2) is 0 Å². The Labute approximate surface area is 137 Å². The maximum atomic E-state index is 6.29. The largest absolute Gasteiger partial charge is 0.493 e. The van der Waals surface area contributed by atoms with Crippen molar-refractivity contribution in [3.05, 3.63) is 29.3 Å². The highest BCUT2D eigenvalue weighted by Gasteiger charge is 2.33. The lowest BCUT2D eigenvalue weighted by Gasteiger charge is -2.36. The van der Waals surface area contributed by atoms with Crippen LogP contribution in [0, 0.1) is 12.3 Å². The van der Waals surface area contributed by atoms with Crippen LogP contribution in [-0.2, 0) is 10.2 Å². The van der Waals surface area contributed by atoms with Crippen LogP contribution in [0.2, 0.25) is 0 Å². The van der Waals surface area contributed by atoms with Crippen LogP contribution in [0.4, 0.5) is 0 Å². The van der Waals surface area contributed by atoms with E-state index in [0.29, 0.717) is 0 Å². The third-order valence-electron chi connectivity index (χ3n) is 4.32. The number of halogens is 1. The Balaban J connectivity index is 2.17. The molecule has 2 rings (SSSR count). The van der Waals surface area contributed by atoms with Gasteiger partial charge in [-0.2, -0.15) is 0 Å². The van der Waals surface area contributed by atoms with Gasteiger partial charge >= 0.3 is 0 Å². The van der Waals surface area contributed by atoms with Gasteiger partial charge in [-0.3, -0.25) is 0 Å². The molecule has 2 nitrogen and oxygen atoms in total. The first-order valence-electron chi connectivity index (χ1n) is 7.74. The molecule has 21 heavy (non-hydrogen) atoms. The molecule has 0 aromatic heterocycles. The van der Waals surface area contributed by atoms with E-state index in [1.807, 2.05) is 0 Å². The molecule has 0 spiro atoms. The van der Waals surface area contributed by atoms with Crippen LogP contribution in [0.5, 0.6) is 5.75 Å². The van der Waals surface area contributed by atoms with Crippen LogP contribution in [0.25, 0.3) is 0 Å². The summed E-state index contributed by atoms with van der Waals surface area (Å²) in [6, 6.07) is 6.54. The summed E-state index contributed by atoms with van der Waals surface area (Å²) in [6.45, 7) is 11.3. The van der Waals surface area contributed by atoms with Gasteiger partial charge in [0.1, 0.15) is 5.75 Å². The van der Waals surface area contributed by atoms with E-state index in [1.165, 1.54) is 11.1 Å². The minimum absolute atomic E-state index is 0.0975. The summed E-state index contributed by atoms with van der Waals surface area (Å²) in [6.07, 6.45) is 2.13. The Morgan fingerprint density at radius 1 is 1.24 bits per heavy atom. The fraction of sp³-hybridized carbons (Fsp3) is 0.667. The smallest absolute Gasteiger partial charge is 0.123 e. The molecule has 1 aromatic carbocycles. The molecule has 118 valence electrons. The van der Waals surface area contributed by atoms with E-state index in [-0.39, 0.29) is 10.8 Å². The monoisotopic (exact) mass is 354 g/mol. The number of aryl methyl sites for hydroxylation is 1. The molecular weight excluding hydrogens is 328 g/mol. The van der Waals surface area contributed by atoms with E-state index in [9.17, 15) is 0 Å². The number of hydrogen-bond donors (Lipinski definition) is 0. The number of benzene rings is 1. The van der Waals surface area contributed by atoms with Gasteiger partial charge in [0, 0.05) is 24.0 Å². The third kappa shape index (κ3) is 4.23. The Morgan fingerprint density at radius 2 is 1.90 bits per heavy atom. The molecular formula is C18H27BrO2. The average molecular weight is 355 g/mol. The van der Waals surface area contributed by atoms with Crippen molar-refractivity contribution in [2.24, 2.45) is 5.41 Å². The van der Waals surface area contributed by atoms with Crippen LogP contribution in [-0.4, -0.2) is 25.2 Å². The van der Waals surface area contributed by atoms with Gasteiger partial charge < -0.3 is 9.47 Å². The Morgan fingerprint density at radius 3 is 2.48 bits per heavy atom. The number of rotatable bonds is 4. The highest BCUT2D eigenvalue weighted by atomic mass is 79.9. The SMILES string of the molecule is Cc1ccc(C(C)(C)C)c(OCC2(CBr)CCOCC2)c1. The van der Waals surface area contributed by atoms with Crippen LogP contribution in [0.3, 0.4) is 0 Å². The Hall–Kier alpha value is -0.540. The summed E-state index contributed by atoms with van der Waals surface area (Å²) >= 11 is 3.68. The number of alkyl halides is 1. The first-order chi connectivity index (χ1) is 9.86. The molecule has 1 fully saturated rings. The van der Waals surface area contributed by atoms with Crippen LogP contribution in [0.1, 0.15) is 44.7 Å². The predicted octanol–water partition coefficient (Wildman–Crippen LogP) is 4.86. The molecule has 0 unspecified atom stereocenters. The topological polar surface area (TPSA) is 18.5 Å². The first kappa shape index (κ1) is 16.8. The Bertz CT molecular complexity index is 471. The summed E-state index contributed by atoms with van der Waals surface area (Å²) in [5, 5.41) is 0.972. The van der Waals surface area contributed by atoms with Crippen molar-refractivity contribution in [3.63, 3.8) is 0 Å². The maximum Gasteiger partial charge on any atom is 0.123 e. The number of hydrogen-bond acceptors (Lipinski definition) is 2. The third-order valence-corrected chi connectivity index (χ3v) is 5.51. The van der Waals surface area contributed by atoms with Crippen molar-refractivity contribution in [1.82, 2.24) is 0 Å². The fourth-order valence-electron chi connectivity index (χ4n) is 2.72. The highest BCUT2D eigenvalue weighted by Crippen LogP contribution is 2.36. The second-order valence-electron chi connectivity index (χ2n) is 7.28. The predicted molar refractivity (Wildman–Crippen MR) is 91.7 cm³/mol. The van der Waals surface area contributed by atoms with Gasteiger partial charge in [0.05, 0.1) is 6.61 Å². The van der Waals surface area contributed by atoms with Gasteiger partial charge in [0.25, 0.3) is 0 Å². The molecule has 1 heterocycles. The van der Waals surface area contributed by atoms with Gasteiger partial charge in [-0.1, -0.05) is 48.8 Å². The summed E-state index contributed by atoms with van der Waals surface area (Å²) in [5.41, 5.74) is 2.83. The van der Waals surface area contributed by atoms with E-state index in [4.69, 9.17) is 9.47 Å². The zero-order chi connectivity index (χ0) is 15.5. The van der Waals surface area contributed by atoms with Crippen molar-refractivity contribution in [2.45, 2.75) is 46.0 Å². The van der Waals surface area contributed by atoms with Crippen molar-refractivity contribution in [2.75, 3.05) is 25.2 Å². The van der Waals surface area contributed by atoms with E-state index >= 15 is 0 Å². The van der Waals surface area contributed by atoms with E-state index in [2.05, 4.69) is 61.8 Å². The van der Waals surface area contributed by atoms with Gasteiger partial charge in [-0.15, -0.1) is 0 Å². The molecule has 1 aromatic rings. The summed E-state index contributed by atoms with van der Waals surface area (Å²) in [7, 11) is 0. The van der Waals surface area contributed by atoms with Crippen LogP contribution in [0.15, 0.2) is 18.2 Å². The first-order valence-corrected chi connectivity index (χ1v) is 8.86. The minimum Gasteiger partial charge on any atom is -0.493 e. The van der Waals surface area contributed by atoms with Gasteiger partial charge in [0.2, 0.25) is 0 Å². The lowest BCUT2D eigenvalue weighted by Crippen LogP contribution is -2.37. The standard InChI is InChI=1S/C18H27BrO2/c1-14-5-6-15(17(2,3)4)16(11-14)21-13-18(12-19)7-9-20-10-8-18/h5-6,11H,7-10,12-13H2,1-4H3. The molecule has 1 aliphatic rings. The highest BCUT2D eigenvalue weighted by molar-refractivity contribution is 9.09. The van der Waals surface area contributed by atoms with E-state index in [1.54, 1.807) is 0 Å². The second kappa shape index (κ2) is 6.70. The molecule has 0 atom stereocenters. The summed E-state index contributed by atoms with van der Waals surface area (Å²) < 4.78 is 11.8. The summed E-state index contributed by atoms with van der Waals surface area (Å²) in [5.74, 6) is 1.04. The average Bonchev–Trinajstić information content (AvgIpc) is 2.45. The van der Waals surface area contributed by atoms with Crippen molar-refractivity contribution < 1.29 is 9.47 Å². The van der Waals surface area contributed by atoms with Crippen molar-refractivity contribution >= 4 is 15.9 Å². The molecule has 0 amide bonds. The minimum atomic E-state index is 0.0975. The normalized spacial score (nSPS) is 18.5. The van der Waals surface area contributed by atoms with Crippen LogP contribution >= 0.6 is 15.9 Å². The quantitative estimate of drug-likeness (QED) is 0.718. The zero-order valence-electron chi connectivity index (χ0n) is 13.7. The van der Waals surface area contributed by atoms with E-state index < -0.39 is 0 Å².